The van der Waals surface area contributed by atoms with Crippen molar-refractivity contribution in [2.75, 3.05) is 5.75 Å². The second kappa shape index (κ2) is 7.31. The van der Waals surface area contributed by atoms with Gasteiger partial charge in [0.05, 0.1) is 4.34 Å². The van der Waals surface area contributed by atoms with Crippen molar-refractivity contribution in [3.05, 3.63) is 51.2 Å². The van der Waals surface area contributed by atoms with Crippen molar-refractivity contribution < 1.29 is 0 Å². The molecule has 2 nitrogen and oxygen atoms in total. The number of halogens is 1. The Hall–Kier alpha value is -0.520. The third-order valence-electron chi connectivity index (χ3n) is 2.85. The molecule has 0 bridgehead atoms. The van der Waals surface area contributed by atoms with Crippen LogP contribution in [0, 0.1) is 6.92 Å². The van der Waals surface area contributed by atoms with Crippen LogP contribution >= 0.6 is 34.7 Å². The molecule has 0 aliphatic rings. The zero-order chi connectivity index (χ0) is 13.7. The van der Waals surface area contributed by atoms with Crippen LogP contribution in [0.1, 0.15) is 10.4 Å². The second-order valence-electron chi connectivity index (χ2n) is 4.35. The van der Waals surface area contributed by atoms with Gasteiger partial charge in [-0.2, -0.15) is 0 Å². The van der Waals surface area contributed by atoms with Gasteiger partial charge in [0.15, 0.2) is 0 Å². The van der Waals surface area contributed by atoms with Gasteiger partial charge in [0.1, 0.15) is 0 Å². The fraction of sp³-hybridized carbons (Fsp3) is 0.286. The van der Waals surface area contributed by atoms with Crippen molar-refractivity contribution in [1.29, 1.82) is 0 Å². The molecule has 2 aromatic rings. The molecule has 0 spiro atoms. The summed E-state index contributed by atoms with van der Waals surface area (Å²) >= 11 is 9.39. The predicted octanol–water partition coefficient (Wildman–Crippen LogP) is 3.88. The Bertz CT molecular complexity index is 528. The third kappa shape index (κ3) is 4.51. The van der Waals surface area contributed by atoms with Gasteiger partial charge in [-0.25, -0.2) is 0 Å². The van der Waals surface area contributed by atoms with Gasteiger partial charge in [-0.1, -0.05) is 29.8 Å². The molecule has 0 saturated carbocycles. The summed E-state index contributed by atoms with van der Waals surface area (Å²) in [5, 5.41) is 0. The molecule has 0 aliphatic carbocycles. The van der Waals surface area contributed by atoms with Crippen molar-refractivity contribution in [3.63, 3.8) is 0 Å². The molecule has 1 unspecified atom stereocenters. The molecule has 19 heavy (non-hydrogen) atoms. The van der Waals surface area contributed by atoms with Crippen LogP contribution in [-0.2, 0) is 6.42 Å². The van der Waals surface area contributed by atoms with Crippen LogP contribution in [-0.4, -0.2) is 11.8 Å². The number of hydrazine groups is 1. The van der Waals surface area contributed by atoms with E-state index in [0.29, 0.717) is 0 Å². The molecule has 0 amide bonds. The molecule has 0 saturated heterocycles. The molecule has 1 aromatic heterocycles. The van der Waals surface area contributed by atoms with Gasteiger partial charge in [-0.3, -0.25) is 11.3 Å². The summed E-state index contributed by atoms with van der Waals surface area (Å²) in [6.07, 6.45) is 0.909. The first-order valence-electron chi connectivity index (χ1n) is 6.08. The molecule has 1 atom stereocenters. The Morgan fingerprint density at radius 3 is 2.74 bits per heavy atom. The van der Waals surface area contributed by atoms with Crippen LogP contribution in [0.2, 0.25) is 4.34 Å². The maximum atomic E-state index is 5.94. The van der Waals surface area contributed by atoms with E-state index in [1.54, 1.807) is 11.3 Å². The largest absolute Gasteiger partial charge is 0.271 e. The minimum atomic E-state index is 0.249. The molecule has 5 heteroatoms. The molecule has 3 N–H and O–H groups in total. The topological polar surface area (TPSA) is 38.0 Å². The summed E-state index contributed by atoms with van der Waals surface area (Å²) < 4.78 is 0.831. The number of benzene rings is 1. The highest BCUT2D eigenvalue weighted by atomic mass is 35.5. The van der Waals surface area contributed by atoms with E-state index in [9.17, 15) is 0 Å². The van der Waals surface area contributed by atoms with E-state index in [2.05, 4.69) is 42.7 Å². The maximum absolute atomic E-state index is 5.94. The molecule has 102 valence electrons. The Morgan fingerprint density at radius 2 is 2.11 bits per heavy atom. The lowest BCUT2D eigenvalue weighted by Gasteiger charge is -2.15. The summed E-state index contributed by atoms with van der Waals surface area (Å²) in [6.45, 7) is 2.13. The minimum Gasteiger partial charge on any atom is -0.271 e. The molecule has 0 aliphatic heterocycles. The first-order chi connectivity index (χ1) is 9.19. The number of hydrogen-bond acceptors (Lipinski definition) is 4. The van der Waals surface area contributed by atoms with E-state index < -0.39 is 0 Å². The van der Waals surface area contributed by atoms with E-state index in [-0.39, 0.29) is 6.04 Å². The average molecular weight is 313 g/mol. The second-order valence-corrected chi connectivity index (χ2v) is 7.21. The Balaban J connectivity index is 1.91. The van der Waals surface area contributed by atoms with Gasteiger partial charge in [-0.05, 0) is 37.1 Å². The van der Waals surface area contributed by atoms with Crippen LogP contribution in [0.25, 0.3) is 0 Å². The maximum Gasteiger partial charge on any atom is 0.0931 e. The number of aryl methyl sites for hydroxylation is 1. The summed E-state index contributed by atoms with van der Waals surface area (Å²) in [5.74, 6) is 6.58. The minimum absolute atomic E-state index is 0.249. The molecule has 0 fully saturated rings. The number of thiophene rings is 1. The number of thioether (sulfide) groups is 1. The molecule has 1 aromatic carbocycles. The first kappa shape index (κ1) is 14.9. The summed E-state index contributed by atoms with van der Waals surface area (Å²) in [5.41, 5.74) is 4.20. The fourth-order valence-corrected chi connectivity index (χ4v) is 4.01. The van der Waals surface area contributed by atoms with Gasteiger partial charge in [0.25, 0.3) is 0 Å². The van der Waals surface area contributed by atoms with E-state index in [1.807, 2.05) is 17.8 Å². The smallest absolute Gasteiger partial charge is 0.0931 e. The van der Waals surface area contributed by atoms with Crippen molar-refractivity contribution in [2.45, 2.75) is 24.3 Å². The van der Waals surface area contributed by atoms with Gasteiger partial charge in [0, 0.05) is 21.6 Å². The van der Waals surface area contributed by atoms with Gasteiger partial charge in [0.2, 0.25) is 0 Å². The lowest BCUT2D eigenvalue weighted by Crippen LogP contribution is -2.38. The van der Waals surface area contributed by atoms with Gasteiger partial charge >= 0.3 is 0 Å². The highest BCUT2D eigenvalue weighted by Gasteiger charge is 2.10. The zero-order valence-electron chi connectivity index (χ0n) is 10.7. The number of rotatable bonds is 6. The molecular formula is C14H17ClN2S2. The van der Waals surface area contributed by atoms with E-state index in [0.717, 1.165) is 16.5 Å². The van der Waals surface area contributed by atoms with E-state index >= 15 is 0 Å². The summed E-state index contributed by atoms with van der Waals surface area (Å²) in [4.78, 5) is 2.57. The SMILES string of the molecule is Cc1ccccc1SCC(Cc1ccc(Cl)s1)NN. The Kier molecular flexibility index (Phi) is 5.73. The Morgan fingerprint density at radius 1 is 1.32 bits per heavy atom. The van der Waals surface area contributed by atoms with Crippen molar-refractivity contribution in [2.24, 2.45) is 5.84 Å². The van der Waals surface area contributed by atoms with Crippen molar-refractivity contribution in [3.8, 4) is 0 Å². The van der Waals surface area contributed by atoms with Crippen molar-refractivity contribution >= 4 is 34.7 Å². The number of nitrogens with one attached hydrogen (secondary N) is 1. The van der Waals surface area contributed by atoms with Gasteiger partial charge in [-0.15, -0.1) is 23.1 Å². The van der Waals surface area contributed by atoms with Crippen LogP contribution < -0.4 is 11.3 Å². The standard InChI is InChI=1S/C14H17ClN2S2/c1-10-4-2-3-5-13(10)18-9-11(17-16)8-12-6-7-14(15)19-12/h2-7,11,17H,8-9,16H2,1H3. The molecule has 1 heterocycles. The molecule has 2 rings (SSSR count). The highest BCUT2D eigenvalue weighted by molar-refractivity contribution is 7.99. The number of nitrogens with two attached hydrogens (primary N) is 1. The van der Waals surface area contributed by atoms with Crippen molar-refractivity contribution in [1.82, 2.24) is 5.43 Å². The monoisotopic (exact) mass is 312 g/mol. The lowest BCUT2D eigenvalue weighted by atomic mass is 10.2. The Labute approximate surface area is 127 Å². The fourth-order valence-electron chi connectivity index (χ4n) is 1.78. The normalized spacial score (nSPS) is 12.6. The zero-order valence-corrected chi connectivity index (χ0v) is 13.1. The van der Waals surface area contributed by atoms with Crippen LogP contribution in [0.5, 0.6) is 0 Å². The lowest BCUT2D eigenvalue weighted by molar-refractivity contribution is 0.579. The first-order valence-corrected chi connectivity index (χ1v) is 8.26. The number of hydrogen-bond donors (Lipinski definition) is 2. The van der Waals surface area contributed by atoms with E-state index in [4.69, 9.17) is 17.4 Å². The third-order valence-corrected chi connectivity index (χ3v) is 5.44. The molecular weight excluding hydrogens is 296 g/mol. The van der Waals surface area contributed by atoms with Crippen LogP contribution in [0.4, 0.5) is 0 Å². The molecule has 0 radical (unpaired) electrons. The quantitative estimate of drug-likeness (QED) is 0.483. The van der Waals surface area contributed by atoms with Crippen LogP contribution in [0.15, 0.2) is 41.3 Å². The van der Waals surface area contributed by atoms with Crippen LogP contribution in [0.3, 0.4) is 0 Å². The van der Waals surface area contributed by atoms with Gasteiger partial charge < -0.3 is 0 Å². The summed E-state index contributed by atoms with van der Waals surface area (Å²) in [6, 6.07) is 12.7. The highest BCUT2D eigenvalue weighted by Crippen LogP contribution is 2.26. The summed E-state index contributed by atoms with van der Waals surface area (Å²) in [7, 11) is 0. The average Bonchev–Trinajstić information content (AvgIpc) is 2.81. The predicted molar refractivity (Wildman–Crippen MR) is 86.0 cm³/mol. The van der Waals surface area contributed by atoms with E-state index in [1.165, 1.54) is 15.3 Å².